The summed E-state index contributed by atoms with van der Waals surface area (Å²) in [6.07, 6.45) is 1.60. The van der Waals surface area contributed by atoms with Crippen LogP contribution in [0.3, 0.4) is 0 Å². The van der Waals surface area contributed by atoms with Crippen LogP contribution in [0.5, 0.6) is 0 Å². The van der Waals surface area contributed by atoms with Crippen molar-refractivity contribution < 1.29 is 0 Å². The van der Waals surface area contributed by atoms with Crippen molar-refractivity contribution in [2.24, 2.45) is 5.73 Å². The Labute approximate surface area is 125 Å². The van der Waals surface area contributed by atoms with Crippen LogP contribution in [0.25, 0.3) is 0 Å². The summed E-state index contributed by atoms with van der Waals surface area (Å²) in [5.41, 5.74) is 8.39. The second-order valence-electron chi connectivity index (χ2n) is 5.43. The summed E-state index contributed by atoms with van der Waals surface area (Å²) in [6.45, 7) is 4.93. The van der Waals surface area contributed by atoms with E-state index in [2.05, 4.69) is 28.7 Å². The Bertz CT molecular complexity index is 636. The lowest BCUT2D eigenvalue weighted by Gasteiger charge is -2.19. The summed E-state index contributed by atoms with van der Waals surface area (Å²) in [5, 5.41) is 7.50. The first-order valence-electron chi connectivity index (χ1n) is 6.93. The maximum atomic E-state index is 7.50. The van der Waals surface area contributed by atoms with E-state index in [1.54, 1.807) is 6.33 Å². The van der Waals surface area contributed by atoms with Gasteiger partial charge in [-0.1, -0.05) is 32.0 Å². The van der Waals surface area contributed by atoms with Gasteiger partial charge in [0.1, 0.15) is 18.0 Å². The average molecular weight is 283 g/mol. The normalized spacial score (nSPS) is 10.7. The molecule has 2 rings (SSSR count). The van der Waals surface area contributed by atoms with Crippen molar-refractivity contribution in [1.82, 2.24) is 9.97 Å². The fraction of sp³-hybridized carbons (Fsp3) is 0.312. The molecule has 0 aliphatic carbocycles. The number of hydrogen-bond acceptors (Lipinski definition) is 4. The highest BCUT2D eigenvalue weighted by atomic mass is 15.2. The van der Waals surface area contributed by atoms with Crippen LogP contribution in [-0.4, -0.2) is 22.9 Å². The molecule has 0 aliphatic heterocycles. The van der Waals surface area contributed by atoms with E-state index in [4.69, 9.17) is 11.1 Å². The third-order valence-corrected chi connectivity index (χ3v) is 3.31. The smallest absolute Gasteiger partial charge is 0.132 e. The maximum absolute atomic E-state index is 7.50. The second kappa shape index (κ2) is 6.35. The summed E-state index contributed by atoms with van der Waals surface area (Å²) < 4.78 is 0. The Morgan fingerprint density at radius 2 is 2.05 bits per heavy atom. The fourth-order valence-electron chi connectivity index (χ4n) is 2.08. The quantitative estimate of drug-likeness (QED) is 0.653. The van der Waals surface area contributed by atoms with E-state index in [9.17, 15) is 0 Å². The predicted octanol–water partition coefficient (Wildman–Crippen LogP) is 2.52. The minimum atomic E-state index is 0.0867. The first kappa shape index (κ1) is 15.0. The summed E-state index contributed by atoms with van der Waals surface area (Å²) >= 11 is 0. The zero-order valence-corrected chi connectivity index (χ0v) is 12.7. The SMILES string of the molecule is CC(C)c1cc(N(C)Cc2cccc(C(=N)N)c2)ncn1. The number of nitrogens with one attached hydrogen (secondary N) is 1. The molecule has 0 saturated carbocycles. The van der Waals surface area contributed by atoms with Crippen molar-refractivity contribution >= 4 is 11.7 Å². The largest absolute Gasteiger partial charge is 0.384 e. The van der Waals surface area contributed by atoms with Crippen molar-refractivity contribution in [3.8, 4) is 0 Å². The standard InChI is InChI=1S/C16H21N5/c1-11(2)14-8-15(20-10-19-14)21(3)9-12-5-4-6-13(7-12)16(17)18/h4-8,10-11H,9H2,1-3H3,(H3,17,18). The van der Waals surface area contributed by atoms with E-state index in [-0.39, 0.29) is 5.84 Å². The highest BCUT2D eigenvalue weighted by Crippen LogP contribution is 2.18. The van der Waals surface area contributed by atoms with Crippen LogP contribution >= 0.6 is 0 Å². The molecule has 0 amide bonds. The maximum Gasteiger partial charge on any atom is 0.132 e. The van der Waals surface area contributed by atoms with Gasteiger partial charge in [-0.05, 0) is 17.5 Å². The first-order valence-corrected chi connectivity index (χ1v) is 6.93. The lowest BCUT2D eigenvalue weighted by Crippen LogP contribution is -2.19. The Balaban J connectivity index is 2.17. The van der Waals surface area contributed by atoms with Crippen molar-refractivity contribution in [1.29, 1.82) is 5.41 Å². The number of hydrogen-bond donors (Lipinski definition) is 2. The number of rotatable bonds is 5. The van der Waals surface area contributed by atoms with Crippen molar-refractivity contribution in [3.05, 3.63) is 53.5 Å². The van der Waals surface area contributed by atoms with E-state index >= 15 is 0 Å². The highest BCUT2D eigenvalue weighted by molar-refractivity contribution is 5.95. The molecule has 5 heteroatoms. The minimum Gasteiger partial charge on any atom is -0.384 e. The van der Waals surface area contributed by atoms with Crippen LogP contribution < -0.4 is 10.6 Å². The van der Waals surface area contributed by atoms with Gasteiger partial charge >= 0.3 is 0 Å². The highest BCUT2D eigenvalue weighted by Gasteiger charge is 2.08. The number of benzene rings is 1. The molecule has 2 aromatic rings. The van der Waals surface area contributed by atoms with Crippen LogP contribution in [0.15, 0.2) is 36.7 Å². The van der Waals surface area contributed by atoms with Crippen LogP contribution in [-0.2, 0) is 6.54 Å². The van der Waals surface area contributed by atoms with Gasteiger partial charge in [0.05, 0.1) is 0 Å². The van der Waals surface area contributed by atoms with E-state index in [1.807, 2.05) is 37.4 Å². The number of nitrogen functional groups attached to an aromatic ring is 1. The van der Waals surface area contributed by atoms with Gasteiger partial charge in [0.25, 0.3) is 0 Å². The molecule has 1 aromatic carbocycles. The second-order valence-corrected chi connectivity index (χ2v) is 5.43. The zero-order chi connectivity index (χ0) is 15.4. The lowest BCUT2D eigenvalue weighted by molar-refractivity contribution is 0.802. The van der Waals surface area contributed by atoms with E-state index < -0.39 is 0 Å². The molecule has 0 bridgehead atoms. The molecule has 1 heterocycles. The molecule has 1 aromatic heterocycles. The topological polar surface area (TPSA) is 78.9 Å². The van der Waals surface area contributed by atoms with Gasteiger partial charge in [-0.3, -0.25) is 5.41 Å². The van der Waals surface area contributed by atoms with E-state index in [0.29, 0.717) is 12.5 Å². The monoisotopic (exact) mass is 283 g/mol. The lowest BCUT2D eigenvalue weighted by atomic mass is 10.1. The fourth-order valence-corrected chi connectivity index (χ4v) is 2.08. The molecule has 21 heavy (non-hydrogen) atoms. The summed E-state index contributed by atoms with van der Waals surface area (Å²) in [6, 6.07) is 9.73. The molecule has 0 atom stereocenters. The van der Waals surface area contributed by atoms with E-state index in [1.165, 1.54) is 0 Å². The summed E-state index contributed by atoms with van der Waals surface area (Å²) in [4.78, 5) is 10.7. The van der Waals surface area contributed by atoms with Gasteiger partial charge in [-0.25, -0.2) is 9.97 Å². The molecule has 0 fully saturated rings. The molecule has 0 radical (unpaired) electrons. The Kier molecular flexibility index (Phi) is 4.52. The number of amidine groups is 1. The van der Waals surface area contributed by atoms with Crippen molar-refractivity contribution in [3.63, 3.8) is 0 Å². The van der Waals surface area contributed by atoms with Crippen LogP contribution in [0.4, 0.5) is 5.82 Å². The van der Waals surface area contributed by atoms with E-state index in [0.717, 1.165) is 22.6 Å². The predicted molar refractivity (Wildman–Crippen MR) is 85.7 cm³/mol. The molecule has 0 spiro atoms. The molecule has 110 valence electrons. The van der Waals surface area contributed by atoms with Gasteiger partial charge in [-0.15, -0.1) is 0 Å². The Morgan fingerprint density at radius 1 is 1.29 bits per heavy atom. The van der Waals surface area contributed by atoms with Gasteiger partial charge in [0.15, 0.2) is 0 Å². The van der Waals surface area contributed by atoms with Crippen LogP contribution in [0.1, 0.15) is 36.6 Å². The van der Waals surface area contributed by atoms with Gasteiger partial charge in [0.2, 0.25) is 0 Å². The van der Waals surface area contributed by atoms with Gasteiger partial charge in [-0.2, -0.15) is 0 Å². The van der Waals surface area contributed by atoms with Crippen LogP contribution in [0.2, 0.25) is 0 Å². The molecule has 0 unspecified atom stereocenters. The average Bonchev–Trinajstić information content (AvgIpc) is 2.47. The Hall–Kier alpha value is -2.43. The van der Waals surface area contributed by atoms with Crippen LogP contribution in [0, 0.1) is 5.41 Å². The number of nitrogens with zero attached hydrogens (tertiary/aromatic N) is 3. The molecule has 0 saturated heterocycles. The minimum absolute atomic E-state index is 0.0867. The molecule has 0 aliphatic rings. The van der Waals surface area contributed by atoms with Crippen molar-refractivity contribution in [2.75, 3.05) is 11.9 Å². The molecule has 3 N–H and O–H groups in total. The first-order chi connectivity index (χ1) is 9.97. The summed E-state index contributed by atoms with van der Waals surface area (Å²) in [5.74, 6) is 1.35. The third-order valence-electron chi connectivity index (χ3n) is 3.31. The number of nitrogens with two attached hydrogens (primary N) is 1. The molecular weight excluding hydrogens is 262 g/mol. The third kappa shape index (κ3) is 3.78. The molecular formula is C16H21N5. The summed E-state index contributed by atoms with van der Waals surface area (Å²) in [7, 11) is 1.99. The molecule has 5 nitrogen and oxygen atoms in total. The number of aromatic nitrogens is 2. The Morgan fingerprint density at radius 3 is 2.71 bits per heavy atom. The van der Waals surface area contributed by atoms with Crippen molar-refractivity contribution in [2.45, 2.75) is 26.3 Å². The number of anilines is 1. The zero-order valence-electron chi connectivity index (χ0n) is 12.7. The van der Waals surface area contributed by atoms with Gasteiger partial charge < -0.3 is 10.6 Å². The van der Waals surface area contributed by atoms with Gasteiger partial charge in [0, 0.05) is 30.9 Å².